The first-order valence-corrected chi connectivity index (χ1v) is 6.53. The van der Waals surface area contributed by atoms with Crippen molar-refractivity contribution >= 4 is 12.2 Å². The van der Waals surface area contributed by atoms with Crippen LogP contribution in [-0.4, -0.2) is 31.3 Å². The summed E-state index contributed by atoms with van der Waals surface area (Å²) in [6.07, 6.45) is 0. The van der Waals surface area contributed by atoms with E-state index in [4.69, 9.17) is 26.4 Å². The summed E-state index contributed by atoms with van der Waals surface area (Å²) in [5.41, 5.74) is 0.164. The molecule has 0 amide bonds. The standard InChI is InChI=1S/C14H13N3O4S/c1-19-9-4-7(5-10(20-2)12(9)21-3)11-8(6-15)13(18)17-14(22)16-11/h4-5H,1-3H3,(H2,16,17,18,22). The predicted octanol–water partition coefficient (Wildman–Crippen LogP) is 2.00. The maximum Gasteiger partial charge on any atom is 0.270 e. The number of methoxy groups -OCH3 is 3. The SMILES string of the molecule is COc1cc(-c2[nH]c(=S)[nH]c(=O)c2C#N)cc(OC)c1OC. The largest absolute Gasteiger partial charge is 0.493 e. The van der Waals surface area contributed by atoms with E-state index in [0.717, 1.165) is 0 Å². The van der Waals surface area contributed by atoms with Gasteiger partial charge in [0.25, 0.3) is 5.56 Å². The molecule has 2 rings (SSSR count). The van der Waals surface area contributed by atoms with Crippen LogP contribution in [0.15, 0.2) is 16.9 Å². The van der Waals surface area contributed by atoms with Crippen LogP contribution in [0.25, 0.3) is 11.3 Å². The van der Waals surface area contributed by atoms with Gasteiger partial charge in [-0.15, -0.1) is 0 Å². The molecule has 22 heavy (non-hydrogen) atoms. The maximum atomic E-state index is 11.8. The minimum absolute atomic E-state index is 0.0807. The highest BCUT2D eigenvalue weighted by molar-refractivity contribution is 7.71. The van der Waals surface area contributed by atoms with Gasteiger partial charge in [-0.25, -0.2) is 0 Å². The number of nitrogens with one attached hydrogen (secondary N) is 2. The monoisotopic (exact) mass is 319 g/mol. The molecular weight excluding hydrogens is 306 g/mol. The van der Waals surface area contributed by atoms with Crippen LogP contribution in [-0.2, 0) is 0 Å². The second-order valence-corrected chi connectivity index (χ2v) is 4.59. The zero-order valence-corrected chi connectivity index (χ0v) is 13.0. The molecular formula is C14H13N3O4S. The second-order valence-electron chi connectivity index (χ2n) is 4.18. The smallest absolute Gasteiger partial charge is 0.270 e. The summed E-state index contributed by atoms with van der Waals surface area (Å²) in [6, 6.07) is 5.11. The van der Waals surface area contributed by atoms with Crippen LogP contribution in [0.5, 0.6) is 17.2 Å². The van der Waals surface area contributed by atoms with Gasteiger partial charge in [-0.3, -0.25) is 9.78 Å². The van der Waals surface area contributed by atoms with Gasteiger partial charge in [-0.1, -0.05) is 0 Å². The molecule has 7 nitrogen and oxygen atoms in total. The Balaban J connectivity index is 2.82. The lowest BCUT2D eigenvalue weighted by molar-refractivity contribution is 0.324. The fourth-order valence-electron chi connectivity index (χ4n) is 2.04. The van der Waals surface area contributed by atoms with E-state index in [1.165, 1.54) is 21.3 Å². The molecule has 1 aromatic carbocycles. The van der Waals surface area contributed by atoms with E-state index in [1.807, 2.05) is 6.07 Å². The molecule has 0 atom stereocenters. The highest BCUT2D eigenvalue weighted by atomic mass is 32.1. The van der Waals surface area contributed by atoms with E-state index >= 15 is 0 Å². The van der Waals surface area contributed by atoms with Gasteiger partial charge in [0.05, 0.1) is 27.0 Å². The second kappa shape index (κ2) is 6.32. The average molecular weight is 319 g/mol. The van der Waals surface area contributed by atoms with E-state index in [2.05, 4.69) is 9.97 Å². The van der Waals surface area contributed by atoms with Gasteiger partial charge < -0.3 is 19.2 Å². The van der Waals surface area contributed by atoms with Crippen molar-refractivity contribution in [3.8, 4) is 34.6 Å². The summed E-state index contributed by atoms with van der Waals surface area (Å²) in [5, 5.41) is 9.19. The Bertz CT molecular complexity index is 839. The normalized spacial score (nSPS) is 9.91. The van der Waals surface area contributed by atoms with Crippen molar-refractivity contribution in [1.82, 2.24) is 9.97 Å². The van der Waals surface area contributed by atoms with Crippen LogP contribution in [0.1, 0.15) is 5.56 Å². The van der Waals surface area contributed by atoms with Gasteiger partial charge >= 0.3 is 0 Å². The third-order valence-corrected chi connectivity index (χ3v) is 3.21. The number of benzene rings is 1. The Morgan fingerprint density at radius 2 is 1.68 bits per heavy atom. The van der Waals surface area contributed by atoms with Crippen LogP contribution >= 0.6 is 12.2 Å². The van der Waals surface area contributed by atoms with Crippen LogP contribution in [0.2, 0.25) is 0 Å². The Kier molecular flexibility index (Phi) is 4.48. The quantitative estimate of drug-likeness (QED) is 0.836. The van der Waals surface area contributed by atoms with E-state index in [0.29, 0.717) is 22.8 Å². The van der Waals surface area contributed by atoms with Gasteiger partial charge in [0.2, 0.25) is 5.75 Å². The van der Waals surface area contributed by atoms with Crippen molar-refractivity contribution in [3.63, 3.8) is 0 Å². The molecule has 0 aliphatic rings. The fraction of sp³-hybridized carbons (Fsp3) is 0.214. The highest BCUT2D eigenvalue weighted by Crippen LogP contribution is 2.40. The molecule has 0 spiro atoms. The Labute approximate surface area is 131 Å². The Hall–Kier alpha value is -2.79. The summed E-state index contributed by atoms with van der Waals surface area (Å²) in [6.45, 7) is 0. The average Bonchev–Trinajstić information content (AvgIpc) is 2.52. The van der Waals surface area contributed by atoms with Crippen molar-refractivity contribution in [2.45, 2.75) is 0 Å². The minimum Gasteiger partial charge on any atom is -0.493 e. The molecule has 8 heteroatoms. The van der Waals surface area contributed by atoms with Gasteiger partial charge in [-0.05, 0) is 24.4 Å². The minimum atomic E-state index is -0.560. The van der Waals surface area contributed by atoms with E-state index in [9.17, 15) is 10.1 Å². The van der Waals surface area contributed by atoms with Crippen molar-refractivity contribution < 1.29 is 14.2 Å². The molecule has 114 valence electrons. The number of nitriles is 1. The summed E-state index contributed by atoms with van der Waals surface area (Å²) in [4.78, 5) is 17.0. The molecule has 0 bridgehead atoms. The van der Waals surface area contributed by atoms with Gasteiger partial charge in [-0.2, -0.15) is 5.26 Å². The summed E-state index contributed by atoms with van der Waals surface area (Å²) < 4.78 is 15.9. The first-order chi connectivity index (χ1) is 10.5. The Morgan fingerprint density at radius 3 is 2.14 bits per heavy atom. The molecule has 0 aliphatic carbocycles. The predicted molar refractivity (Wildman–Crippen MR) is 82.1 cm³/mol. The molecule has 1 heterocycles. The van der Waals surface area contributed by atoms with Crippen LogP contribution < -0.4 is 19.8 Å². The molecule has 2 N–H and O–H groups in total. The number of rotatable bonds is 4. The first kappa shape index (κ1) is 15.6. The van der Waals surface area contributed by atoms with E-state index in [-0.39, 0.29) is 16.0 Å². The lowest BCUT2D eigenvalue weighted by Gasteiger charge is -2.14. The molecule has 2 aromatic rings. The molecule has 0 saturated carbocycles. The maximum absolute atomic E-state index is 11.8. The number of H-pyrrole nitrogens is 2. The van der Waals surface area contributed by atoms with Crippen molar-refractivity contribution in [1.29, 1.82) is 5.26 Å². The lowest BCUT2D eigenvalue weighted by atomic mass is 10.1. The Morgan fingerprint density at radius 1 is 1.09 bits per heavy atom. The summed E-state index contributed by atoms with van der Waals surface area (Å²) in [7, 11) is 4.44. The van der Waals surface area contributed by atoms with Gasteiger partial charge in [0.1, 0.15) is 11.6 Å². The molecule has 0 unspecified atom stereocenters. The highest BCUT2D eigenvalue weighted by Gasteiger charge is 2.17. The zero-order chi connectivity index (χ0) is 16.3. The number of hydrogen-bond acceptors (Lipinski definition) is 6. The number of aromatic amines is 2. The van der Waals surface area contributed by atoms with Gasteiger partial charge in [0.15, 0.2) is 16.3 Å². The number of nitrogens with zero attached hydrogens (tertiary/aromatic N) is 1. The van der Waals surface area contributed by atoms with Crippen LogP contribution in [0.3, 0.4) is 0 Å². The lowest BCUT2D eigenvalue weighted by Crippen LogP contribution is -2.13. The van der Waals surface area contributed by atoms with Crippen LogP contribution in [0.4, 0.5) is 0 Å². The summed E-state index contributed by atoms with van der Waals surface area (Å²) in [5.74, 6) is 1.22. The van der Waals surface area contributed by atoms with E-state index in [1.54, 1.807) is 12.1 Å². The molecule has 0 radical (unpaired) electrons. The number of hydrogen-bond donors (Lipinski definition) is 2. The van der Waals surface area contributed by atoms with Crippen molar-refractivity contribution in [2.75, 3.05) is 21.3 Å². The molecule has 0 fully saturated rings. The number of aromatic nitrogens is 2. The van der Waals surface area contributed by atoms with Crippen molar-refractivity contribution in [2.24, 2.45) is 0 Å². The fourth-order valence-corrected chi connectivity index (χ4v) is 2.23. The molecule has 0 aliphatic heterocycles. The van der Waals surface area contributed by atoms with Crippen LogP contribution in [0, 0.1) is 16.1 Å². The number of ether oxygens (including phenoxy) is 3. The third kappa shape index (κ3) is 2.66. The topological polar surface area (TPSA) is 100 Å². The molecule has 1 aromatic heterocycles. The van der Waals surface area contributed by atoms with Gasteiger partial charge in [0, 0.05) is 5.56 Å². The van der Waals surface area contributed by atoms with E-state index < -0.39 is 5.56 Å². The summed E-state index contributed by atoms with van der Waals surface area (Å²) >= 11 is 4.96. The van der Waals surface area contributed by atoms with Crippen molar-refractivity contribution in [3.05, 3.63) is 32.8 Å². The third-order valence-electron chi connectivity index (χ3n) is 3.01. The molecule has 0 saturated heterocycles. The zero-order valence-electron chi connectivity index (χ0n) is 12.1. The first-order valence-electron chi connectivity index (χ1n) is 6.12.